The summed E-state index contributed by atoms with van der Waals surface area (Å²) < 4.78 is 10.5. The topological polar surface area (TPSA) is 61.3 Å². The van der Waals surface area contributed by atoms with Crippen molar-refractivity contribution in [1.82, 2.24) is 5.16 Å². The average Bonchev–Trinajstić information content (AvgIpc) is 2.68. The van der Waals surface area contributed by atoms with Crippen LogP contribution in [0.2, 0.25) is 0 Å². The smallest absolute Gasteiger partial charge is 0.172 e. The maximum Gasteiger partial charge on any atom is 0.172 e. The summed E-state index contributed by atoms with van der Waals surface area (Å²) in [6.45, 7) is 4.05. The molecule has 1 heterocycles. The molecule has 0 aliphatic carbocycles. The number of ether oxygens (including phenoxy) is 1. The van der Waals surface area contributed by atoms with Crippen LogP contribution in [0, 0.1) is 13.8 Å². The average molecular weight is 218 g/mol. The number of aryl methyl sites for hydroxylation is 1. The standard InChI is InChI=1S/C12H14N2O2/c1-7-4-5-9(12(15-3)8(7)2)10-6-11(13)14-16-10/h4-6H,1-3H3,(H2,13,14). The van der Waals surface area contributed by atoms with Crippen LogP contribution in [0.5, 0.6) is 5.75 Å². The Morgan fingerprint density at radius 2 is 2.06 bits per heavy atom. The van der Waals surface area contributed by atoms with E-state index in [0.29, 0.717) is 11.6 Å². The van der Waals surface area contributed by atoms with E-state index in [0.717, 1.165) is 16.9 Å². The predicted octanol–water partition coefficient (Wildman–Crippen LogP) is 2.55. The molecule has 4 nitrogen and oxygen atoms in total. The van der Waals surface area contributed by atoms with Gasteiger partial charge in [-0.2, -0.15) is 0 Å². The van der Waals surface area contributed by atoms with Gasteiger partial charge in [-0.25, -0.2) is 0 Å². The largest absolute Gasteiger partial charge is 0.496 e. The van der Waals surface area contributed by atoms with E-state index in [1.54, 1.807) is 13.2 Å². The zero-order valence-electron chi connectivity index (χ0n) is 9.57. The van der Waals surface area contributed by atoms with E-state index in [2.05, 4.69) is 5.16 Å². The number of rotatable bonds is 2. The van der Waals surface area contributed by atoms with Gasteiger partial charge in [0.1, 0.15) is 5.75 Å². The van der Waals surface area contributed by atoms with E-state index in [1.165, 1.54) is 5.56 Å². The predicted molar refractivity (Wildman–Crippen MR) is 62.4 cm³/mol. The van der Waals surface area contributed by atoms with Gasteiger partial charge >= 0.3 is 0 Å². The van der Waals surface area contributed by atoms with E-state index in [-0.39, 0.29) is 0 Å². The number of benzene rings is 1. The molecule has 0 amide bonds. The number of anilines is 1. The molecule has 2 aromatic rings. The van der Waals surface area contributed by atoms with Gasteiger partial charge in [-0.05, 0) is 31.0 Å². The zero-order chi connectivity index (χ0) is 11.7. The highest BCUT2D eigenvalue weighted by atomic mass is 16.5. The van der Waals surface area contributed by atoms with Crippen LogP contribution in [-0.2, 0) is 0 Å². The molecular formula is C12H14N2O2. The van der Waals surface area contributed by atoms with Gasteiger partial charge in [0.25, 0.3) is 0 Å². The molecule has 0 aliphatic heterocycles. The van der Waals surface area contributed by atoms with Crippen molar-refractivity contribution in [2.24, 2.45) is 0 Å². The SMILES string of the molecule is COc1c(-c2cc(N)no2)ccc(C)c1C. The first-order valence-corrected chi connectivity index (χ1v) is 5.00. The molecule has 4 heteroatoms. The van der Waals surface area contributed by atoms with E-state index in [9.17, 15) is 0 Å². The number of methoxy groups -OCH3 is 1. The molecule has 84 valence electrons. The summed E-state index contributed by atoms with van der Waals surface area (Å²) >= 11 is 0. The van der Waals surface area contributed by atoms with Gasteiger partial charge in [-0.3, -0.25) is 0 Å². The minimum absolute atomic E-state index is 0.371. The maximum atomic E-state index is 5.53. The van der Waals surface area contributed by atoms with Crippen LogP contribution in [0.25, 0.3) is 11.3 Å². The Labute approximate surface area is 94.0 Å². The van der Waals surface area contributed by atoms with Crippen molar-refractivity contribution in [3.05, 3.63) is 29.3 Å². The number of aromatic nitrogens is 1. The fraction of sp³-hybridized carbons (Fsp3) is 0.250. The maximum absolute atomic E-state index is 5.53. The van der Waals surface area contributed by atoms with Crippen LogP contribution in [0.3, 0.4) is 0 Å². The molecular weight excluding hydrogens is 204 g/mol. The Hall–Kier alpha value is -1.97. The van der Waals surface area contributed by atoms with Crippen LogP contribution in [-0.4, -0.2) is 12.3 Å². The van der Waals surface area contributed by atoms with Crippen molar-refractivity contribution in [2.45, 2.75) is 13.8 Å². The van der Waals surface area contributed by atoms with E-state index < -0.39 is 0 Å². The fourth-order valence-electron chi connectivity index (χ4n) is 1.66. The van der Waals surface area contributed by atoms with Crippen molar-refractivity contribution < 1.29 is 9.26 Å². The lowest BCUT2D eigenvalue weighted by molar-refractivity contribution is 0.404. The molecule has 2 rings (SSSR count). The van der Waals surface area contributed by atoms with Crippen molar-refractivity contribution >= 4 is 5.82 Å². The van der Waals surface area contributed by atoms with Crippen LogP contribution in [0.1, 0.15) is 11.1 Å². The second-order valence-corrected chi connectivity index (χ2v) is 3.70. The lowest BCUT2D eigenvalue weighted by atomic mass is 10.0. The van der Waals surface area contributed by atoms with Crippen LogP contribution < -0.4 is 10.5 Å². The molecule has 0 bridgehead atoms. The summed E-state index contributed by atoms with van der Waals surface area (Å²) in [7, 11) is 1.64. The molecule has 0 spiro atoms. The summed E-state index contributed by atoms with van der Waals surface area (Å²) in [5.41, 5.74) is 8.67. The van der Waals surface area contributed by atoms with Gasteiger partial charge < -0.3 is 15.0 Å². The van der Waals surface area contributed by atoms with Gasteiger partial charge in [0.2, 0.25) is 0 Å². The van der Waals surface area contributed by atoms with Gasteiger partial charge in [0, 0.05) is 6.07 Å². The first-order valence-electron chi connectivity index (χ1n) is 5.00. The monoisotopic (exact) mass is 218 g/mol. The molecule has 1 aromatic heterocycles. The van der Waals surface area contributed by atoms with Crippen LogP contribution in [0.4, 0.5) is 5.82 Å². The van der Waals surface area contributed by atoms with Gasteiger partial charge in [0.15, 0.2) is 11.6 Å². The Bertz CT molecular complexity index is 518. The molecule has 0 saturated heterocycles. The molecule has 0 fully saturated rings. The minimum atomic E-state index is 0.371. The third kappa shape index (κ3) is 1.62. The normalized spacial score (nSPS) is 10.4. The third-order valence-electron chi connectivity index (χ3n) is 2.67. The van der Waals surface area contributed by atoms with Crippen molar-refractivity contribution in [3.63, 3.8) is 0 Å². The van der Waals surface area contributed by atoms with Crippen LogP contribution in [0.15, 0.2) is 22.7 Å². The van der Waals surface area contributed by atoms with Gasteiger partial charge in [0.05, 0.1) is 12.7 Å². The second-order valence-electron chi connectivity index (χ2n) is 3.70. The number of nitrogens with zero attached hydrogens (tertiary/aromatic N) is 1. The minimum Gasteiger partial charge on any atom is -0.496 e. The van der Waals surface area contributed by atoms with Crippen molar-refractivity contribution in [1.29, 1.82) is 0 Å². The summed E-state index contributed by atoms with van der Waals surface area (Å²) in [6, 6.07) is 5.65. The lowest BCUT2D eigenvalue weighted by Crippen LogP contribution is -1.93. The Kier molecular flexibility index (Phi) is 2.56. The summed E-state index contributed by atoms with van der Waals surface area (Å²) in [5, 5.41) is 3.67. The van der Waals surface area contributed by atoms with Gasteiger partial charge in [-0.15, -0.1) is 0 Å². The van der Waals surface area contributed by atoms with Crippen molar-refractivity contribution in [2.75, 3.05) is 12.8 Å². The Morgan fingerprint density at radius 1 is 1.31 bits per heavy atom. The Balaban J connectivity index is 2.61. The molecule has 1 aromatic carbocycles. The molecule has 0 radical (unpaired) electrons. The number of hydrogen-bond acceptors (Lipinski definition) is 4. The highest BCUT2D eigenvalue weighted by molar-refractivity contribution is 5.70. The molecule has 0 unspecified atom stereocenters. The first kappa shape index (κ1) is 10.5. The second kappa shape index (κ2) is 3.89. The fourth-order valence-corrected chi connectivity index (χ4v) is 1.66. The molecule has 16 heavy (non-hydrogen) atoms. The van der Waals surface area contributed by atoms with E-state index in [4.69, 9.17) is 15.0 Å². The summed E-state index contributed by atoms with van der Waals surface area (Å²) in [6.07, 6.45) is 0. The third-order valence-corrected chi connectivity index (χ3v) is 2.67. The number of nitrogens with two attached hydrogens (primary N) is 1. The molecule has 0 saturated carbocycles. The summed E-state index contributed by atoms with van der Waals surface area (Å²) in [4.78, 5) is 0. The van der Waals surface area contributed by atoms with E-state index >= 15 is 0 Å². The molecule has 0 aliphatic rings. The molecule has 2 N–H and O–H groups in total. The quantitative estimate of drug-likeness (QED) is 0.841. The summed E-state index contributed by atoms with van der Waals surface area (Å²) in [5.74, 6) is 1.80. The first-order chi connectivity index (χ1) is 7.63. The number of hydrogen-bond donors (Lipinski definition) is 1. The van der Waals surface area contributed by atoms with Crippen molar-refractivity contribution in [3.8, 4) is 17.1 Å². The van der Waals surface area contributed by atoms with Gasteiger partial charge in [-0.1, -0.05) is 11.2 Å². The lowest BCUT2D eigenvalue weighted by Gasteiger charge is -2.11. The van der Waals surface area contributed by atoms with Crippen LogP contribution >= 0.6 is 0 Å². The highest BCUT2D eigenvalue weighted by Crippen LogP contribution is 2.34. The molecule has 0 atom stereocenters. The number of nitrogen functional groups attached to an aromatic ring is 1. The highest BCUT2D eigenvalue weighted by Gasteiger charge is 2.14. The van der Waals surface area contributed by atoms with E-state index in [1.807, 2.05) is 26.0 Å². The Morgan fingerprint density at radius 3 is 2.62 bits per heavy atom. The zero-order valence-corrected chi connectivity index (χ0v) is 9.57.